The number of benzene rings is 1. The molecule has 2 atom stereocenters. The number of alkyl halides is 3. The molecule has 0 bridgehead atoms. The second kappa shape index (κ2) is 7.66. The Hall–Kier alpha value is -0.730. The quantitative estimate of drug-likeness (QED) is 0.569. The van der Waals surface area contributed by atoms with Crippen LogP contribution in [0.2, 0.25) is 0 Å². The van der Waals surface area contributed by atoms with Gasteiger partial charge >= 0.3 is 0 Å². The Morgan fingerprint density at radius 2 is 1.92 bits per heavy atom. The molecule has 1 fully saturated rings. The number of carbonyl (C=O) groups is 1. The van der Waals surface area contributed by atoms with Gasteiger partial charge in [0.25, 0.3) is 5.91 Å². The van der Waals surface area contributed by atoms with Gasteiger partial charge in [0.2, 0.25) is 3.79 Å². The van der Waals surface area contributed by atoms with Gasteiger partial charge in [-0.25, -0.2) is 8.42 Å². The predicted molar refractivity (Wildman–Crippen MR) is 94.5 cm³/mol. The summed E-state index contributed by atoms with van der Waals surface area (Å²) in [5, 5.41) is 4.40. The number of methoxy groups -OCH3 is 1. The van der Waals surface area contributed by atoms with Crippen molar-refractivity contribution in [3.63, 3.8) is 0 Å². The van der Waals surface area contributed by atoms with E-state index in [1.54, 1.807) is 24.3 Å². The zero-order chi connectivity index (χ0) is 18.0. The first-order valence-corrected chi connectivity index (χ1v) is 9.97. The van der Waals surface area contributed by atoms with Gasteiger partial charge in [-0.2, -0.15) is 0 Å². The van der Waals surface area contributed by atoms with Crippen molar-refractivity contribution < 1.29 is 17.9 Å². The highest BCUT2D eigenvalue weighted by Crippen LogP contribution is 2.31. The van der Waals surface area contributed by atoms with E-state index in [1.807, 2.05) is 0 Å². The number of hydrogen-bond donors (Lipinski definition) is 2. The van der Waals surface area contributed by atoms with Gasteiger partial charge in [0, 0.05) is 5.56 Å². The lowest BCUT2D eigenvalue weighted by Gasteiger charge is -2.29. The molecule has 0 radical (unpaired) electrons. The minimum Gasteiger partial charge on any atom is -0.497 e. The van der Waals surface area contributed by atoms with Gasteiger partial charge < -0.3 is 10.1 Å². The van der Waals surface area contributed by atoms with Gasteiger partial charge in [-0.15, -0.1) is 0 Å². The Morgan fingerprint density at radius 3 is 2.38 bits per heavy atom. The van der Waals surface area contributed by atoms with Crippen LogP contribution in [0.1, 0.15) is 23.2 Å². The molecular weight excluding hydrogens is 399 g/mol. The van der Waals surface area contributed by atoms with Crippen LogP contribution in [0.15, 0.2) is 24.3 Å². The monoisotopic (exact) mass is 414 g/mol. The SMILES string of the molecule is COc1ccc(C(=O)NC(NC2CCCS2(=O)=O)C(Cl)(Cl)Cl)cc1. The largest absolute Gasteiger partial charge is 0.497 e. The third kappa shape index (κ3) is 4.89. The third-order valence-corrected chi connectivity index (χ3v) is 6.39. The fraction of sp³-hybridized carbons (Fsp3) is 0.500. The molecule has 0 aliphatic carbocycles. The summed E-state index contributed by atoms with van der Waals surface area (Å²) in [5.41, 5.74) is 0.325. The fourth-order valence-corrected chi connectivity index (χ4v) is 4.41. The van der Waals surface area contributed by atoms with Crippen molar-refractivity contribution in [1.29, 1.82) is 0 Å². The maximum absolute atomic E-state index is 12.3. The van der Waals surface area contributed by atoms with Crippen LogP contribution in [0, 0.1) is 0 Å². The Morgan fingerprint density at radius 1 is 1.29 bits per heavy atom. The van der Waals surface area contributed by atoms with Crippen LogP contribution < -0.4 is 15.4 Å². The molecule has 2 unspecified atom stereocenters. The molecule has 1 saturated heterocycles. The van der Waals surface area contributed by atoms with E-state index in [4.69, 9.17) is 39.5 Å². The number of amides is 1. The second-order valence-electron chi connectivity index (χ2n) is 5.34. The summed E-state index contributed by atoms with van der Waals surface area (Å²) in [5.74, 6) is 0.167. The maximum atomic E-state index is 12.3. The molecule has 1 aromatic carbocycles. The lowest BCUT2D eigenvalue weighted by atomic mass is 10.2. The fourth-order valence-electron chi connectivity index (χ4n) is 2.34. The zero-order valence-electron chi connectivity index (χ0n) is 12.8. The van der Waals surface area contributed by atoms with Crippen LogP contribution in [-0.4, -0.2) is 42.5 Å². The molecule has 134 valence electrons. The van der Waals surface area contributed by atoms with Crippen molar-refractivity contribution in [3.8, 4) is 5.75 Å². The molecule has 1 amide bonds. The minimum atomic E-state index is -3.31. The summed E-state index contributed by atoms with van der Waals surface area (Å²) in [6.45, 7) is 0. The number of carbonyl (C=O) groups excluding carboxylic acids is 1. The standard InChI is InChI=1S/C14H17Cl3N2O4S/c1-23-10-6-4-9(5-7-10)12(20)19-13(14(15,16)17)18-11-3-2-8-24(11,21)22/h4-7,11,13,18H,2-3,8H2,1H3,(H,19,20). The van der Waals surface area contributed by atoms with Crippen molar-refractivity contribution >= 4 is 50.5 Å². The number of hydrogen-bond acceptors (Lipinski definition) is 5. The van der Waals surface area contributed by atoms with Crippen molar-refractivity contribution in [2.24, 2.45) is 0 Å². The van der Waals surface area contributed by atoms with E-state index in [1.165, 1.54) is 7.11 Å². The highest BCUT2D eigenvalue weighted by Gasteiger charge is 2.40. The molecule has 1 aliphatic heterocycles. The van der Waals surface area contributed by atoms with E-state index in [0.717, 1.165) is 0 Å². The highest BCUT2D eigenvalue weighted by molar-refractivity contribution is 7.92. The second-order valence-corrected chi connectivity index (χ2v) is 10.0. The topological polar surface area (TPSA) is 84.5 Å². The molecule has 2 N–H and O–H groups in total. The van der Waals surface area contributed by atoms with E-state index in [9.17, 15) is 13.2 Å². The molecule has 0 aromatic heterocycles. The van der Waals surface area contributed by atoms with Crippen LogP contribution in [0.5, 0.6) is 5.75 Å². The zero-order valence-corrected chi connectivity index (χ0v) is 15.8. The van der Waals surface area contributed by atoms with Gasteiger partial charge in [0.15, 0.2) is 9.84 Å². The summed E-state index contributed by atoms with van der Waals surface area (Å²) in [4.78, 5) is 12.3. The van der Waals surface area contributed by atoms with E-state index < -0.39 is 31.1 Å². The molecule has 6 nitrogen and oxygen atoms in total. The third-order valence-electron chi connectivity index (χ3n) is 3.64. The number of ether oxygens (including phenoxy) is 1. The lowest BCUT2D eigenvalue weighted by molar-refractivity contribution is 0.0928. The van der Waals surface area contributed by atoms with Gasteiger partial charge in [-0.3, -0.25) is 10.1 Å². The van der Waals surface area contributed by atoms with Crippen LogP contribution in [0.4, 0.5) is 0 Å². The van der Waals surface area contributed by atoms with Gasteiger partial charge in [-0.1, -0.05) is 34.8 Å². The molecular formula is C14H17Cl3N2O4S. The van der Waals surface area contributed by atoms with E-state index >= 15 is 0 Å². The van der Waals surface area contributed by atoms with Crippen molar-refractivity contribution in [2.45, 2.75) is 28.2 Å². The Balaban J connectivity index is 2.12. The minimum absolute atomic E-state index is 0.0731. The molecule has 2 rings (SSSR count). The van der Waals surface area contributed by atoms with Crippen molar-refractivity contribution in [2.75, 3.05) is 12.9 Å². The summed E-state index contributed by atoms with van der Waals surface area (Å²) in [6, 6.07) is 6.34. The number of halogens is 3. The molecule has 0 spiro atoms. The van der Waals surface area contributed by atoms with E-state index in [2.05, 4.69) is 10.6 Å². The molecule has 1 aliphatic rings. The van der Waals surface area contributed by atoms with Gasteiger partial charge in [0.1, 0.15) is 17.3 Å². The van der Waals surface area contributed by atoms with E-state index in [0.29, 0.717) is 24.2 Å². The number of rotatable bonds is 5. The Kier molecular flexibility index (Phi) is 6.25. The normalized spacial score (nSPS) is 21.2. The molecule has 24 heavy (non-hydrogen) atoms. The van der Waals surface area contributed by atoms with Crippen molar-refractivity contribution in [3.05, 3.63) is 29.8 Å². The number of nitrogens with one attached hydrogen (secondary N) is 2. The highest BCUT2D eigenvalue weighted by atomic mass is 35.6. The molecule has 1 heterocycles. The van der Waals surface area contributed by atoms with Crippen molar-refractivity contribution in [1.82, 2.24) is 10.6 Å². The lowest BCUT2D eigenvalue weighted by Crippen LogP contribution is -2.57. The molecule has 1 aromatic rings. The summed E-state index contributed by atoms with van der Waals surface area (Å²) in [6.07, 6.45) is -0.230. The molecule has 0 saturated carbocycles. The van der Waals surface area contributed by atoms with E-state index in [-0.39, 0.29) is 5.75 Å². The van der Waals surface area contributed by atoms with Gasteiger partial charge in [0.05, 0.1) is 12.9 Å². The van der Waals surface area contributed by atoms with Crippen LogP contribution in [0.25, 0.3) is 0 Å². The van der Waals surface area contributed by atoms with Crippen LogP contribution in [0.3, 0.4) is 0 Å². The average Bonchev–Trinajstić information content (AvgIpc) is 2.84. The van der Waals surface area contributed by atoms with Crippen LogP contribution in [-0.2, 0) is 9.84 Å². The first-order chi connectivity index (χ1) is 11.1. The summed E-state index contributed by atoms with van der Waals surface area (Å²) in [7, 11) is -1.79. The molecule has 10 heteroatoms. The predicted octanol–water partition coefficient (Wildman–Crippen LogP) is 2.25. The maximum Gasteiger partial charge on any atom is 0.252 e. The first-order valence-electron chi connectivity index (χ1n) is 7.13. The van der Waals surface area contributed by atoms with Crippen LogP contribution >= 0.6 is 34.8 Å². The smallest absolute Gasteiger partial charge is 0.252 e. The number of sulfone groups is 1. The van der Waals surface area contributed by atoms with Gasteiger partial charge in [-0.05, 0) is 37.1 Å². The summed E-state index contributed by atoms with van der Waals surface area (Å²) < 4.78 is 27.0. The average molecular weight is 416 g/mol. The Labute approximate surface area is 155 Å². The Bertz CT molecular complexity index is 689. The summed E-state index contributed by atoms with van der Waals surface area (Å²) >= 11 is 17.7. The first kappa shape index (κ1) is 19.6.